The van der Waals surface area contributed by atoms with Crippen LogP contribution in [0.15, 0.2) is 41.3 Å². The Hall–Kier alpha value is -3.15. The average molecular weight is 415 g/mol. The number of fused-ring (bicyclic) bond motifs is 1. The van der Waals surface area contributed by atoms with Crippen LogP contribution in [0.4, 0.5) is 23.2 Å². The first-order chi connectivity index (χ1) is 12.9. The summed E-state index contributed by atoms with van der Waals surface area (Å²) in [5, 5.41) is 2.25. The van der Waals surface area contributed by atoms with Gasteiger partial charge in [0.15, 0.2) is 9.84 Å². The first kappa shape index (κ1) is 19.6. The summed E-state index contributed by atoms with van der Waals surface area (Å²) in [5.41, 5.74) is -3.35. The molecule has 1 heterocycles. The van der Waals surface area contributed by atoms with Gasteiger partial charge in [-0.15, -0.1) is 0 Å². The van der Waals surface area contributed by atoms with Crippen molar-refractivity contribution < 1.29 is 35.6 Å². The second-order valence-electron chi connectivity index (χ2n) is 5.74. The van der Waals surface area contributed by atoms with Gasteiger partial charge in [-0.2, -0.15) is 13.2 Å². The zero-order valence-corrected chi connectivity index (χ0v) is 14.7. The van der Waals surface area contributed by atoms with Crippen molar-refractivity contribution in [2.45, 2.75) is 6.18 Å². The van der Waals surface area contributed by atoms with Crippen LogP contribution >= 0.6 is 0 Å². The van der Waals surface area contributed by atoms with E-state index in [0.717, 1.165) is 18.6 Å². The molecule has 1 aromatic carbocycles. The first-order valence-corrected chi connectivity index (χ1v) is 9.28. The molecule has 0 aliphatic heterocycles. The quantitative estimate of drug-likeness (QED) is 0.768. The monoisotopic (exact) mass is 415 g/mol. The summed E-state index contributed by atoms with van der Waals surface area (Å²) in [5.74, 6) is -3.71. The van der Waals surface area contributed by atoms with Gasteiger partial charge in [0.2, 0.25) is 11.6 Å². The number of anilines is 1. The minimum absolute atomic E-state index is 0.296. The number of benzene rings is 1. The lowest BCUT2D eigenvalue weighted by molar-refractivity contribution is -0.139. The topological polar surface area (TPSA) is 106 Å². The maximum absolute atomic E-state index is 13.8. The van der Waals surface area contributed by atoms with Crippen LogP contribution in [0, 0.1) is 5.82 Å². The molecule has 1 aliphatic carbocycles. The molecule has 0 saturated heterocycles. The third kappa shape index (κ3) is 3.38. The fourth-order valence-electron chi connectivity index (χ4n) is 2.57. The van der Waals surface area contributed by atoms with E-state index in [4.69, 9.17) is 0 Å². The highest BCUT2D eigenvalue weighted by Gasteiger charge is 2.39. The molecule has 1 aromatic heterocycles. The van der Waals surface area contributed by atoms with E-state index in [9.17, 15) is 35.6 Å². The predicted octanol–water partition coefficient (Wildman–Crippen LogP) is 2.38. The van der Waals surface area contributed by atoms with Gasteiger partial charge in [0.25, 0.3) is 0 Å². The molecule has 1 N–H and O–H groups in total. The number of alkyl halides is 3. The molecule has 28 heavy (non-hydrogen) atoms. The van der Waals surface area contributed by atoms with Crippen LogP contribution in [0.25, 0.3) is 0 Å². The Balaban J connectivity index is 2.14. The Morgan fingerprint density at radius 2 is 1.79 bits per heavy atom. The number of aromatic nitrogens is 2. The molecule has 0 unspecified atom stereocenters. The second kappa shape index (κ2) is 6.48. The fraction of sp³-hybridized carbons (Fsp3) is 0.125. The molecule has 0 amide bonds. The molecule has 2 aromatic rings. The molecule has 12 heteroatoms. The Morgan fingerprint density at radius 1 is 1.11 bits per heavy atom. The number of hydrogen-bond donors (Lipinski definition) is 1. The van der Waals surface area contributed by atoms with Crippen molar-refractivity contribution in [1.29, 1.82) is 0 Å². The number of nitrogens with zero attached hydrogens (tertiary/aromatic N) is 2. The summed E-state index contributed by atoms with van der Waals surface area (Å²) in [6.07, 6.45) is -2.31. The highest BCUT2D eigenvalue weighted by atomic mass is 32.2. The molecule has 1 aliphatic rings. The third-order valence-corrected chi connectivity index (χ3v) is 4.88. The van der Waals surface area contributed by atoms with Gasteiger partial charge in [-0.05, 0) is 18.2 Å². The summed E-state index contributed by atoms with van der Waals surface area (Å²) in [6.45, 7) is 0. The third-order valence-electron chi connectivity index (χ3n) is 3.75. The minimum Gasteiger partial charge on any atom is -0.351 e. The Bertz CT molecular complexity index is 1160. The molecule has 0 atom stereocenters. The number of nitrogens with one attached hydrogen (secondary N) is 1. The predicted molar refractivity (Wildman–Crippen MR) is 87.6 cm³/mol. The number of hydrogen-bond acceptors (Lipinski definition) is 7. The number of carbonyl (C=O) groups excluding carboxylic acids is 2. The Morgan fingerprint density at radius 3 is 2.36 bits per heavy atom. The van der Waals surface area contributed by atoms with Crippen LogP contribution in [-0.2, 0) is 16.0 Å². The number of carbonyl (C=O) groups is 2. The van der Waals surface area contributed by atoms with Gasteiger partial charge in [-0.1, -0.05) is 0 Å². The van der Waals surface area contributed by atoms with E-state index in [0.29, 0.717) is 18.4 Å². The summed E-state index contributed by atoms with van der Waals surface area (Å²) in [7, 11) is -4.25. The SMILES string of the molecule is CS(=O)(=O)C1=C(Nc2ccc(C(F)(F)F)c(F)c2)C(=O)c2cncnc2C1=O. The van der Waals surface area contributed by atoms with Crippen LogP contribution < -0.4 is 5.32 Å². The molecule has 3 rings (SSSR count). The van der Waals surface area contributed by atoms with Gasteiger partial charge in [0, 0.05) is 18.1 Å². The summed E-state index contributed by atoms with van der Waals surface area (Å²) in [6, 6.07) is 1.66. The van der Waals surface area contributed by atoms with E-state index in [1.165, 1.54) is 0 Å². The molecule has 0 fully saturated rings. The van der Waals surface area contributed by atoms with Gasteiger partial charge >= 0.3 is 6.18 Å². The summed E-state index contributed by atoms with van der Waals surface area (Å²) < 4.78 is 75.9. The van der Waals surface area contributed by atoms with Gasteiger partial charge in [-0.25, -0.2) is 22.8 Å². The molecule has 0 spiro atoms. The van der Waals surface area contributed by atoms with Crippen LogP contribution in [-0.4, -0.2) is 36.2 Å². The first-order valence-electron chi connectivity index (χ1n) is 7.38. The van der Waals surface area contributed by atoms with Crippen molar-refractivity contribution in [2.24, 2.45) is 0 Å². The zero-order chi connectivity index (χ0) is 20.9. The van der Waals surface area contributed by atoms with Crippen molar-refractivity contribution in [1.82, 2.24) is 9.97 Å². The Labute approximate surface area is 155 Å². The number of halogens is 4. The average Bonchev–Trinajstić information content (AvgIpc) is 2.57. The normalized spacial score (nSPS) is 14.9. The van der Waals surface area contributed by atoms with Crippen molar-refractivity contribution in [3.63, 3.8) is 0 Å². The maximum atomic E-state index is 13.8. The van der Waals surface area contributed by atoms with E-state index in [2.05, 4.69) is 15.3 Å². The fourth-order valence-corrected chi connectivity index (χ4v) is 3.52. The second-order valence-corrected chi connectivity index (χ2v) is 7.69. The van der Waals surface area contributed by atoms with Crippen molar-refractivity contribution in [3.8, 4) is 0 Å². The standard InChI is InChI=1S/C16H9F4N3O4S/c1-28(26,27)15-12(13(24)8-5-21-6-22-11(8)14(15)25)23-7-2-3-9(10(17)4-7)16(18,19)20/h2-6,23H,1H3. The lowest BCUT2D eigenvalue weighted by Gasteiger charge is -2.20. The van der Waals surface area contributed by atoms with Gasteiger partial charge in [-0.3, -0.25) is 9.59 Å². The van der Waals surface area contributed by atoms with Crippen molar-refractivity contribution in [2.75, 3.05) is 11.6 Å². The number of allylic oxidation sites excluding steroid dienone is 2. The smallest absolute Gasteiger partial charge is 0.351 e. The summed E-state index contributed by atoms with van der Waals surface area (Å²) >= 11 is 0. The van der Waals surface area contributed by atoms with Gasteiger partial charge < -0.3 is 5.32 Å². The molecule has 146 valence electrons. The maximum Gasteiger partial charge on any atom is 0.419 e. The lowest BCUT2D eigenvalue weighted by Crippen LogP contribution is -2.30. The lowest BCUT2D eigenvalue weighted by atomic mass is 9.98. The number of sulfone groups is 1. The number of ketones is 2. The van der Waals surface area contributed by atoms with Gasteiger partial charge in [0.1, 0.15) is 28.4 Å². The number of Topliss-reactive ketones (excluding diaryl/α,β-unsaturated/α-hetero) is 2. The van der Waals surface area contributed by atoms with E-state index in [1.807, 2.05) is 0 Å². The van der Waals surface area contributed by atoms with E-state index < -0.39 is 55.3 Å². The van der Waals surface area contributed by atoms with E-state index in [1.54, 1.807) is 0 Å². The molecular weight excluding hydrogens is 406 g/mol. The van der Waals surface area contributed by atoms with Crippen LogP contribution in [0.1, 0.15) is 26.4 Å². The largest absolute Gasteiger partial charge is 0.419 e. The van der Waals surface area contributed by atoms with Crippen LogP contribution in [0.5, 0.6) is 0 Å². The molecule has 0 radical (unpaired) electrons. The minimum atomic E-state index is -4.94. The van der Waals surface area contributed by atoms with Crippen LogP contribution in [0.2, 0.25) is 0 Å². The van der Waals surface area contributed by atoms with Crippen LogP contribution in [0.3, 0.4) is 0 Å². The highest BCUT2D eigenvalue weighted by Crippen LogP contribution is 2.34. The highest BCUT2D eigenvalue weighted by molar-refractivity contribution is 7.95. The van der Waals surface area contributed by atoms with Crippen molar-refractivity contribution >= 4 is 27.1 Å². The van der Waals surface area contributed by atoms with Crippen molar-refractivity contribution in [3.05, 3.63) is 64.0 Å². The molecule has 0 saturated carbocycles. The molecular formula is C16H9F4N3O4S. The zero-order valence-electron chi connectivity index (χ0n) is 13.8. The van der Waals surface area contributed by atoms with E-state index >= 15 is 0 Å². The molecule has 0 bridgehead atoms. The van der Waals surface area contributed by atoms with E-state index in [-0.39, 0.29) is 11.3 Å². The number of rotatable bonds is 3. The Kier molecular flexibility index (Phi) is 4.54. The molecule has 7 nitrogen and oxygen atoms in total. The summed E-state index contributed by atoms with van der Waals surface area (Å²) in [4.78, 5) is 31.4. The van der Waals surface area contributed by atoms with Gasteiger partial charge in [0.05, 0.1) is 11.1 Å².